The Morgan fingerprint density at radius 1 is 0.579 bits per heavy atom. The van der Waals surface area contributed by atoms with Crippen LogP contribution >= 0.6 is 0 Å². The SMILES string of the molecule is c1cc2c(cc1-c1ccc3c(c1)CCc1[nH]c([C@@H]4C[C@H]5C[C@H]5N4)nc1-3)CCc1[nH]c([C@@H]3CC4CC4N3)nc1-2. The lowest BCUT2D eigenvalue weighted by Gasteiger charge is -2.18. The lowest BCUT2D eigenvalue weighted by molar-refractivity contribution is 0.542. The fourth-order valence-electron chi connectivity index (χ4n) is 8.00. The number of nitrogens with one attached hydrogen (secondary N) is 4. The van der Waals surface area contributed by atoms with Crippen molar-refractivity contribution < 1.29 is 0 Å². The summed E-state index contributed by atoms with van der Waals surface area (Å²) in [4.78, 5) is 17.6. The molecule has 2 saturated carbocycles. The third-order valence-electron chi connectivity index (χ3n) is 10.3. The molecule has 2 unspecified atom stereocenters. The van der Waals surface area contributed by atoms with Crippen molar-refractivity contribution in [3.05, 3.63) is 70.6 Å². The van der Waals surface area contributed by atoms with Crippen molar-refractivity contribution in [2.75, 3.05) is 0 Å². The van der Waals surface area contributed by atoms with Crippen LogP contribution in [0.1, 0.15) is 71.9 Å². The Morgan fingerprint density at radius 2 is 1.08 bits per heavy atom. The first-order valence-electron chi connectivity index (χ1n) is 14.7. The van der Waals surface area contributed by atoms with Crippen LogP contribution in [0.3, 0.4) is 0 Å². The number of H-pyrrole nitrogens is 2. The number of aromatic nitrogens is 4. The largest absolute Gasteiger partial charge is 0.344 e. The molecule has 10 rings (SSSR count). The summed E-state index contributed by atoms with van der Waals surface area (Å²) in [6.45, 7) is 0. The minimum Gasteiger partial charge on any atom is -0.344 e. The van der Waals surface area contributed by atoms with Gasteiger partial charge in [-0.3, -0.25) is 0 Å². The van der Waals surface area contributed by atoms with E-state index >= 15 is 0 Å². The van der Waals surface area contributed by atoms with Crippen LogP contribution in [0.4, 0.5) is 0 Å². The van der Waals surface area contributed by atoms with Gasteiger partial charge >= 0.3 is 0 Å². The molecule has 2 aromatic heterocycles. The van der Waals surface area contributed by atoms with E-state index in [1.165, 1.54) is 81.8 Å². The number of aryl methyl sites for hydroxylation is 4. The number of hydrogen-bond acceptors (Lipinski definition) is 4. The van der Waals surface area contributed by atoms with Gasteiger partial charge in [-0.1, -0.05) is 36.4 Å². The highest BCUT2D eigenvalue weighted by Gasteiger charge is 2.48. The molecule has 4 heterocycles. The molecule has 4 aliphatic carbocycles. The van der Waals surface area contributed by atoms with E-state index in [0.717, 1.165) is 61.3 Å². The predicted octanol–water partition coefficient (Wildman–Crippen LogP) is 5.18. The summed E-state index contributed by atoms with van der Waals surface area (Å²) < 4.78 is 0. The zero-order valence-electron chi connectivity index (χ0n) is 21.5. The third kappa shape index (κ3) is 3.02. The maximum Gasteiger partial charge on any atom is 0.124 e. The monoisotopic (exact) mass is 500 g/mol. The van der Waals surface area contributed by atoms with Crippen LogP contribution in [0, 0.1) is 11.8 Å². The molecule has 0 spiro atoms. The summed E-state index contributed by atoms with van der Waals surface area (Å²) in [5, 5.41) is 7.51. The Balaban J connectivity index is 0.954. The second-order valence-electron chi connectivity index (χ2n) is 12.8. The highest BCUT2D eigenvalue weighted by molar-refractivity contribution is 5.78. The summed E-state index contributed by atoms with van der Waals surface area (Å²) >= 11 is 0. The number of piperidine rings is 2. The van der Waals surface area contributed by atoms with E-state index in [-0.39, 0.29) is 0 Å². The molecule has 6 aliphatic rings. The van der Waals surface area contributed by atoms with Crippen molar-refractivity contribution in [2.45, 2.75) is 75.5 Å². The highest BCUT2D eigenvalue weighted by Crippen LogP contribution is 2.47. The Bertz CT molecular complexity index is 1500. The first-order chi connectivity index (χ1) is 18.7. The van der Waals surface area contributed by atoms with E-state index in [0.29, 0.717) is 12.1 Å². The Morgan fingerprint density at radius 3 is 1.53 bits per heavy atom. The molecule has 2 aromatic carbocycles. The molecule has 6 atom stereocenters. The number of fused-ring (bicyclic) bond motifs is 8. The Labute approximate surface area is 222 Å². The summed E-state index contributed by atoms with van der Waals surface area (Å²) in [6.07, 6.45) is 9.42. The fourth-order valence-corrected chi connectivity index (χ4v) is 8.00. The average molecular weight is 501 g/mol. The minimum absolute atomic E-state index is 0.411. The molecule has 190 valence electrons. The lowest BCUT2D eigenvalue weighted by Crippen LogP contribution is -2.18. The zero-order chi connectivity index (χ0) is 24.5. The fraction of sp³-hybridized carbons (Fsp3) is 0.438. The smallest absolute Gasteiger partial charge is 0.124 e. The van der Waals surface area contributed by atoms with E-state index in [4.69, 9.17) is 9.97 Å². The van der Waals surface area contributed by atoms with Crippen molar-refractivity contribution in [1.29, 1.82) is 0 Å². The van der Waals surface area contributed by atoms with E-state index in [9.17, 15) is 0 Å². The zero-order valence-corrected chi connectivity index (χ0v) is 21.5. The second kappa shape index (κ2) is 7.25. The van der Waals surface area contributed by atoms with Crippen LogP contribution < -0.4 is 10.6 Å². The number of nitrogens with zero attached hydrogens (tertiary/aromatic N) is 2. The molecule has 0 radical (unpaired) electrons. The molecule has 4 aromatic rings. The van der Waals surface area contributed by atoms with E-state index in [2.05, 4.69) is 57.0 Å². The van der Waals surface area contributed by atoms with Gasteiger partial charge in [-0.15, -0.1) is 0 Å². The number of hydrogen-bond donors (Lipinski definition) is 4. The van der Waals surface area contributed by atoms with Crippen molar-refractivity contribution in [2.24, 2.45) is 11.8 Å². The second-order valence-corrected chi connectivity index (χ2v) is 12.8. The van der Waals surface area contributed by atoms with Gasteiger partial charge in [0.2, 0.25) is 0 Å². The molecule has 0 amide bonds. The van der Waals surface area contributed by atoms with Gasteiger partial charge < -0.3 is 20.6 Å². The van der Waals surface area contributed by atoms with Gasteiger partial charge in [-0.2, -0.15) is 0 Å². The van der Waals surface area contributed by atoms with Crippen molar-refractivity contribution in [1.82, 2.24) is 30.6 Å². The van der Waals surface area contributed by atoms with Gasteiger partial charge in [0.15, 0.2) is 0 Å². The first-order valence-corrected chi connectivity index (χ1v) is 14.7. The molecular formula is C32H32N6. The average Bonchev–Trinajstić information content (AvgIpc) is 3.54. The quantitative estimate of drug-likeness (QED) is 0.313. The van der Waals surface area contributed by atoms with Crippen molar-refractivity contribution >= 4 is 0 Å². The third-order valence-corrected chi connectivity index (χ3v) is 10.3. The van der Waals surface area contributed by atoms with Crippen LogP contribution in [-0.2, 0) is 25.7 Å². The molecular weight excluding hydrogens is 468 g/mol. The van der Waals surface area contributed by atoms with E-state index < -0.39 is 0 Å². The Kier molecular flexibility index (Phi) is 3.95. The summed E-state index contributed by atoms with van der Waals surface area (Å²) in [7, 11) is 0. The first kappa shape index (κ1) is 20.7. The molecule has 0 bridgehead atoms. The topological polar surface area (TPSA) is 81.4 Å². The van der Waals surface area contributed by atoms with Gasteiger partial charge in [0.25, 0.3) is 0 Å². The summed E-state index contributed by atoms with van der Waals surface area (Å²) in [5.41, 5.74) is 13.1. The maximum atomic E-state index is 5.12. The number of aromatic amines is 2. The normalized spacial score (nSPS) is 31.2. The maximum absolute atomic E-state index is 5.12. The van der Waals surface area contributed by atoms with Gasteiger partial charge in [0.1, 0.15) is 11.6 Å². The molecule has 2 saturated heterocycles. The molecule has 2 aliphatic heterocycles. The molecule has 4 N–H and O–H groups in total. The minimum atomic E-state index is 0.411. The van der Waals surface area contributed by atoms with Crippen LogP contribution in [0.2, 0.25) is 0 Å². The van der Waals surface area contributed by atoms with Crippen LogP contribution in [0.25, 0.3) is 33.6 Å². The predicted molar refractivity (Wildman–Crippen MR) is 147 cm³/mol. The molecule has 38 heavy (non-hydrogen) atoms. The standard InChI is InChI=1S/C32H32N6/c1-5-21-17(3-7-23-29(21)37-31(35-23)27-13-19-11-25(19)33-27)9-15(1)16-2-6-22-18(10-16)4-8-24-30(22)38-32(36-24)28-14-20-12-26(20)34-28/h1-2,5-6,9-10,19-20,25-28,33-34H,3-4,7-8,11-14H2,(H,35,37)(H,36,38)/t19-,20?,25-,26?,27+,28+/m1/s1. The summed E-state index contributed by atoms with van der Waals surface area (Å²) in [6, 6.07) is 16.3. The Hall–Kier alpha value is -3.22. The van der Waals surface area contributed by atoms with Crippen molar-refractivity contribution in [3.8, 4) is 33.6 Å². The van der Waals surface area contributed by atoms with Crippen molar-refractivity contribution in [3.63, 3.8) is 0 Å². The number of rotatable bonds is 3. The number of benzene rings is 2. The van der Waals surface area contributed by atoms with Crippen LogP contribution in [0.5, 0.6) is 0 Å². The highest BCUT2D eigenvalue weighted by atomic mass is 15.1. The van der Waals surface area contributed by atoms with Gasteiger partial charge in [-0.05, 0) is 85.5 Å². The van der Waals surface area contributed by atoms with E-state index in [1.54, 1.807) is 0 Å². The molecule has 6 nitrogen and oxygen atoms in total. The number of imidazole rings is 2. The van der Waals surface area contributed by atoms with Crippen LogP contribution in [-0.4, -0.2) is 32.0 Å². The summed E-state index contributed by atoms with van der Waals surface area (Å²) in [5.74, 6) is 4.06. The van der Waals surface area contributed by atoms with Gasteiger partial charge in [-0.25, -0.2) is 9.97 Å². The van der Waals surface area contributed by atoms with Gasteiger partial charge in [0.05, 0.1) is 23.5 Å². The molecule has 4 fully saturated rings. The molecule has 6 heteroatoms. The van der Waals surface area contributed by atoms with Gasteiger partial charge in [0, 0.05) is 34.6 Å². The van der Waals surface area contributed by atoms with Crippen LogP contribution in [0.15, 0.2) is 36.4 Å². The lowest BCUT2D eigenvalue weighted by atomic mass is 9.87. The van der Waals surface area contributed by atoms with E-state index in [1.807, 2.05) is 0 Å².